The van der Waals surface area contributed by atoms with E-state index in [9.17, 15) is 18.0 Å². The van der Waals surface area contributed by atoms with Gasteiger partial charge in [0.25, 0.3) is 15.9 Å². The normalized spacial score (nSPS) is 15.3. The van der Waals surface area contributed by atoms with Gasteiger partial charge in [-0.1, -0.05) is 44.2 Å². The lowest BCUT2D eigenvalue weighted by atomic mass is 10.0. The molecule has 0 aromatic heterocycles. The number of nitrogens with one attached hydrogen (secondary N) is 1. The molecule has 0 radical (unpaired) electrons. The van der Waals surface area contributed by atoms with E-state index < -0.39 is 28.4 Å². The van der Waals surface area contributed by atoms with Crippen molar-refractivity contribution in [1.29, 1.82) is 0 Å². The Balaban J connectivity index is 1.82. The maximum absolute atomic E-state index is 12.5. The molecule has 1 aliphatic rings. The molecule has 0 spiro atoms. The summed E-state index contributed by atoms with van der Waals surface area (Å²) in [4.78, 5) is 24.6. The van der Waals surface area contributed by atoms with Crippen molar-refractivity contribution in [2.75, 3.05) is 11.9 Å². The molecule has 0 saturated carbocycles. The highest BCUT2D eigenvalue weighted by atomic mass is 32.2. The number of fused-ring (bicyclic) bond motifs is 1. The van der Waals surface area contributed by atoms with Crippen LogP contribution in [0.15, 0.2) is 53.4 Å². The summed E-state index contributed by atoms with van der Waals surface area (Å²) in [7, 11) is -3.99. The smallest absolute Gasteiger partial charge is 0.269 e. The van der Waals surface area contributed by atoms with Gasteiger partial charge in [0.1, 0.15) is 11.4 Å². The standard InChI is InChI=1S/C18H18N2O4S/c1-12(2)13-7-3-5-9-15(13)19-17(21)11-20-18(22)14-8-4-6-10-16(14)25(20,23)24/h3-10,12H,11H2,1-2H3,(H,19,21). The molecule has 1 N–H and O–H groups in total. The summed E-state index contributed by atoms with van der Waals surface area (Å²) < 4.78 is 25.6. The van der Waals surface area contributed by atoms with E-state index in [1.807, 2.05) is 26.0 Å². The van der Waals surface area contributed by atoms with Crippen molar-refractivity contribution in [1.82, 2.24) is 4.31 Å². The van der Waals surface area contributed by atoms with Crippen LogP contribution in [0.25, 0.3) is 0 Å². The first-order valence-electron chi connectivity index (χ1n) is 7.87. The number of rotatable bonds is 4. The number of anilines is 1. The second-order valence-electron chi connectivity index (χ2n) is 6.10. The molecule has 7 heteroatoms. The van der Waals surface area contributed by atoms with Crippen LogP contribution < -0.4 is 5.32 Å². The number of nitrogens with zero attached hydrogens (tertiary/aromatic N) is 1. The highest BCUT2D eigenvalue weighted by Crippen LogP contribution is 2.30. The molecule has 2 aromatic rings. The largest absolute Gasteiger partial charge is 0.324 e. The number of hydrogen-bond donors (Lipinski definition) is 1. The molecule has 0 unspecified atom stereocenters. The van der Waals surface area contributed by atoms with Crippen molar-refractivity contribution in [3.63, 3.8) is 0 Å². The van der Waals surface area contributed by atoms with Gasteiger partial charge in [0.2, 0.25) is 5.91 Å². The molecule has 130 valence electrons. The average molecular weight is 358 g/mol. The fraction of sp³-hybridized carbons (Fsp3) is 0.222. The molecule has 0 bridgehead atoms. The SMILES string of the molecule is CC(C)c1ccccc1NC(=O)CN1C(=O)c2ccccc2S1(=O)=O. The van der Waals surface area contributed by atoms with Gasteiger partial charge in [-0.15, -0.1) is 0 Å². The van der Waals surface area contributed by atoms with Crippen molar-refractivity contribution >= 4 is 27.5 Å². The first kappa shape index (κ1) is 17.2. The number of benzene rings is 2. The predicted octanol–water partition coefficient (Wildman–Crippen LogP) is 2.59. The van der Waals surface area contributed by atoms with Crippen molar-refractivity contribution in [3.05, 3.63) is 59.7 Å². The topological polar surface area (TPSA) is 83.6 Å². The summed E-state index contributed by atoms with van der Waals surface area (Å²) in [5.41, 5.74) is 1.65. The lowest BCUT2D eigenvalue weighted by Gasteiger charge is -2.17. The maximum Gasteiger partial charge on any atom is 0.269 e. The molecule has 1 heterocycles. The highest BCUT2D eigenvalue weighted by Gasteiger charge is 2.41. The minimum Gasteiger partial charge on any atom is -0.324 e. The second kappa shape index (κ2) is 6.33. The Bertz CT molecular complexity index is 951. The Morgan fingerprint density at radius 2 is 1.72 bits per heavy atom. The number of hydrogen-bond acceptors (Lipinski definition) is 4. The zero-order chi connectivity index (χ0) is 18.2. The van der Waals surface area contributed by atoms with E-state index in [0.29, 0.717) is 9.99 Å². The van der Waals surface area contributed by atoms with Gasteiger partial charge >= 0.3 is 0 Å². The van der Waals surface area contributed by atoms with Crippen LogP contribution in [0.4, 0.5) is 5.69 Å². The van der Waals surface area contributed by atoms with Crippen LogP contribution in [0.5, 0.6) is 0 Å². The van der Waals surface area contributed by atoms with Gasteiger partial charge in [0, 0.05) is 5.69 Å². The van der Waals surface area contributed by atoms with Gasteiger partial charge in [0.05, 0.1) is 5.56 Å². The molecule has 0 saturated heterocycles. The van der Waals surface area contributed by atoms with Crippen molar-refractivity contribution in [3.8, 4) is 0 Å². The molecule has 0 aliphatic carbocycles. The van der Waals surface area contributed by atoms with E-state index in [1.165, 1.54) is 12.1 Å². The molecule has 3 rings (SSSR count). The van der Waals surface area contributed by atoms with E-state index in [2.05, 4.69) is 5.32 Å². The molecule has 2 aromatic carbocycles. The molecule has 1 aliphatic heterocycles. The van der Waals surface area contributed by atoms with E-state index in [4.69, 9.17) is 0 Å². The van der Waals surface area contributed by atoms with Gasteiger partial charge in [-0.3, -0.25) is 9.59 Å². The number of para-hydroxylation sites is 1. The van der Waals surface area contributed by atoms with Gasteiger partial charge in [-0.25, -0.2) is 12.7 Å². The number of amides is 2. The lowest BCUT2D eigenvalue weighted by molar-refractivity contribution is -0.116. The average Bonchev–Trinajstić information content (AvgIpc) is 2.76. The fourth-order valence-corrected chi connectivity index (χ4v) is 4.35. The van der Waals surface area contributed by atoms with Crippen molar-refractivity contribution in [2.45, 2.75) is 24.7 Å². The number of carbonyl (C=O) groups excluding carboxylic acids is 2. The zero-order valence-electron chi connectivity index (χ0n) is 13.9. The quantitative estimate of drug-likeness (QED) is 0.910. The highest BCUT2D eigenvalue weighted by molar-refractivity contribution is 7.90. The zero-order valence-corrected chi connectivity index (χ0v) is 14.7. The Morgan fingerprint density at radius 3 is 2.40 bits per heavy atom. The Morgan fingerprint density at radius 1 is 1.08 bits per heavy atom. The minimum atomic E-state index is -3.99. The first-order valence-corrected chi connectivity index (χ1v) is 9.31. The lowest BCUT2D eigenvalue weighted by Crippen LogP contribution is -2.37. The van der Waals surface area contributed by atoms with Gasteiger partial charge in [0.15, 0.2) is 0 Å². The van der Waals surface area contributed by atoms with Crippen molar-refractivity contribution in [2.24, 2.45) is 0 Å². The molecular weight excluding hydrogens is 340 g/mol. The van der Waals surface area contributed by atoms with Crippen LogP contribution in [0.2, 0.25) is 0 Å². The van der Waals surface area contributed by atoms with Crippen molar-refractivity contribution < 1.29 is 18.0 Å². The van der Waals surface area contributed by atoms with Crippen LogP contribution in [-0.4, -0.2) is 31.1 Å². The summed E-state index contributed by atoms with van der Waals surface area (Å²) >= 11 is 0. The summed E-state index contributed by atoms with van der Waals surface area (Å²) in [6.45, 7) is 3.44. The molecule has 25 heavy (non-hydrogen) atoms. The van der Waals surface area contributed by atoms with Crippen LogP contribution >= 0.6 is 0 Å². The minimum absolute atomic E-state index is 0.0598. The van der Waals surface area contributed by atoms with Crippen LogP contribution in [0.1, 0.15) is 35.7 Å². The third-order valence-electron chi connectivity index (χ3n) is 4.06. The van der Waals surface area contributed by atoms with Gasteiger partial charge < -0.3 is 5.32 Å². The summed E-state index contributed by atoms with van der Waals surface area (Å²) in [5, 5.41) is 2.71. The van der Waals surface area contributed by atoms with E-state index in [-0.39, 0.29) is 16.4 Å². The van der Waals surface area contributed by atoms with E-state index in [1.54, 1.807) is 24.3 Å². The second-order valence-corrected chi connectivity index (χ2v) is 7.93. The number of sulfonamides is 1. The Labute approximate surface area is 146 Å². The third-order valence-corrected chi connectivity index (χ3v) is 5.84. The summed E-state index contributed by atoms with van der Waals surface area (Å²) in [6, 6.07) is 13.3. The Hall–Kier alpha value is -2.67. The van der Waals surface area contributed by atoms with Crippen LogP contribution in [0, 0.1) is 0 Å². The number of carbonyl (C=O) groups is 2. The van der Waals surface area contributed by atoms with Crippen LogP contribution in [0.3, 0.4) is 0 Å². The monoisotopic (exact) mass is 358 g/mol. The van der Waals surface area contributed by atoms with E-state index in [0.717, 1.165) is 5.56 Å². The summed E-state index contributed by atoms with van der Waals surface area (Å²) in [5.74, 6) is -1.04. The summed E-state index contributed by atoms with van der Waals surface area (Å²) in [6.07, 6.45) is 0. The molecular formula is C18H18N2O4S. The first-order chi connectivity index (χ1) is 11.8. The molecule has 2 amide bonds. The van der Waals surface area contributed by atoms with Gasteiger partial charge in [-0.2, -0.15) is 0 Å². The fourth-order valence-electron chi connectivity index (χ4n) is 2.82. The maximum atomic E-state index is 12.5. The molecule has 0 atom stereocenters. The van der Waals surface area contributed by atoms with Gasteiger partial charge in [-0.05, 0) is 29.7 Å². The third kappa shape index (κ3) is 3.02. The molecule has 0 fully saturated rings. The van der Waals surface area contributed by atoms with E-state index >= 15 is 0 Å². The Kier molecular flexibility index (Phi) is 4.34. The van der Waals surface area contributed by atoms with Crippen LogP contribution in [-0.2, 0) is 14.8 Å². The molecule has 6 nitrogen and oxygen atoms in total. The predicted molar refractivity (Wildman–Crippen MR) is 93.8 cm³/mol.